The normalized spacial score (nSPS) is 11.3. The van der Waals surface area contributed by atoms with E-state index in [0.29, 0.717) is 18.8 Å². The molecule has 6 heteroatoms. The highest BCUT2D eigenvalue weighted by Gasteiger charge is 2.13. The van der Waals surface area contributed by atoms with Gasteiger partial charge in [-0.2, -0.15) is 0 Å². The number of halogens is 2. The smallest absolute Gasteiger partial charge is 0.260 e. The minimum absolute atomic E-state index is 0. The van der Waals surface area contributed by atoms with E-state index < -0.39 is 6.10 Å². The van der Waals surface area contributed by atoms with E-state index in [4.69, 9.17) is 4.74 Å². The molecule has 4 nitrogen and oxygen atoms in total. The predicted octanol–water partition coefficient (Wildman–Crippen LogP) is 1.35. The number of rotatable bonds is 6. The molecular weight excluding hydrogens is 259 g/mol. The van der Waals surface area contributed by atoms with Crippen molar-refractivity contribution in [3.8, 4) is 5.75 Å². The second-order valence-electron chi connectivity index (χ2n) is 3.61. The minimum atomic E-state index is -0.645. The first-order valence-electron chi connectivity index (χ1n) is 5.48. The van der Waals surface area contributed by atoms with Gasteiger partial charge in [-0.1, -0.05) is 6.07 Å². The monoisotopic (exact) mass is 276 g/mol. The van der Waals surface area contributed by atoms with Crippen molar-refractivity contribution in [2.45, 2.75) is 13.0 Å². The molecule has 0 bridgehead atoms. The predicted molar refractivity (Wildman–Crippen MR) is 70.7 cm³/mol. The molecule has 0 spiro atoms. The molecule has 1 aromatic carbocycles. The van der Waals surface area contributed by atoms with Crippen LogP contribution in [0.25, 0.3) is 0 Å². The van der Waals surface area contributed by atoms with Gasteiger partial charge in [0.2, 0.25) is 0 Å². The zero-order valence-corrected chi connectivity index (χ0v) is 11.2. The fraction of sp³-hybridized carbons (Fsp3) is 0.417. The molecule has 0 heterocycles. The maximum absolute atomic E-state index is 12.9. The summed E-state index contributed by atoms with van der Waals surface area (Å²) in [5.74, 6) is -0.254. The molecule has 18 heavy (non-hydrogen) atoms. The van der Waals surface area contributed by atoms with Crippen LogP contribution in [0.5, 0.6) is 5.75 Å². The fourth-order valence-electron chi connectivity index (χ4n) is 1.25. The van der Waals surface area contributed by atoms with E-state index in [9.17, 15) is 9.18 Å². The van der Waals surface area contributed by atoms with Gasteiger partial charge >= 0.3 is 0 Å². The third kappa shape index (κ3) is 5.84. The molecule has 0 aromatic heterocycles. The molecule has 2 N–H and O–H groups in total. The molecule has 1 aromatic rings. The average Bonchev–Trinajstić information content (AvgIpc) is 2.29. The number of amides is 1. The highest BCUT2D eigenvalue weighted by molar-refractivity contribution is 5.85. The first kappa shape index (κ1) is 16.7. The fourth-order valence-corrected chi connectivity index (χ4v) is 1.25. The number of carbonyl (C=O) groups is 1. The van der Waals surface area contributed by atoms with Gasteiger partial charge in [0.05, 0.1) is 0 Å². The van der Waals surface area contributed by atoms with E-state index in [2.05, 4.69) is 10.6 Å². The van der Waals surface area contributed by atoms with Gasteiger partial charge in [-0.3, -0.25) is 4.79 Å². The van der Waals surface area contributed by atoms with Crippen molar-refractivity contribution in [3.05, 3.63) is 30.1 Å². The highest BCUT2D eigenvalue weighted by Crippen LogP contribution is 2.13. The number of benzene rings is 1. The Balaban J connectivity index is 0.00000289. The van der Waals surface area contributed by atoms with E-state index >= 15 is 0 Å². The SMILES string of the molecule is CNCCNC(=O)C(C)Oc1cccc(F)c1.Cl. The number of nitrogens with one attached hydrogen (secondary N) is 2. The zero-order valence-electron chi connectivity index (χ0n) is 10.4. The van der Waals surface area contributed by atoms with Crippen LogP contribution in [0.15, 0.2) is 24.3 Å². The van der Waals surface area contributed by atoms with Crippen molar-refractivity contribution in [1.29, 1.82) is 0 Å². The highest BCUT2D eigenvalue weighted by atomic mass is 35.5. The molecule has 0 saturated heterocycles. The second kappa shape index (κ2) is 8.72. The van der Waals surface area contributed by atoms with Gasteiger partial charge in [0, 0.05) is 19.2 Å². The van der Waals surface area contributed by atoms with Crippen LogP contribution in [0.1, 0.15) is 6.92 Å². The topological polar surface area (TPSA) is 50.4 Å². The van der Waals surface area contributed by atoms with Crippen LogP contribution in [0.2, 0.25) is 0 Å². The Morgan fingerprint density at radius 2 is 2.17 bits per heavy atom. The summed E-state index contributed by atoms with van der Waals surface area (Å²) in [7, 11) is 1.80. The van der Waals surface area contributed by atoms with Gasteiger partial charge in [-0.25, -0.2) is 4.39 Å². The molecule has 0 radical (unpaired) electrons. The summed E-state index contributed by atoms with van der Waals surface area (Å²) in [6, 6.07) is 5.72. The molecule has 1 rings (SSSR count). The molecule has 0 aliphatic rings. The van der Waals surface area contributed by atoms with Crippen LogP contribution < -0.4 is 15.4 Å². The largest absolute Gasteiger partial charge is 0.481 e. The quantitative estimate of drug-likeness (QED) is 0.771. The summed E-state index contributed by atoms with van der Waals surface area (Å²) < 4.78 is 18.2. The van der Waals surface area contributed by atoms with Crippen molar-refractivity contribution in [1.82, 2.24) is 10.6 Å². The maximum Gasteiger partial charge on any atom is 0.260 e. The van der Waals surface area contributed by atoms with Crippen molar-refractivity contribution in [2.24, 2.45) is 0 Å². The van der Waals surface area contributed by atoms with Crippen molar-refractivity contribution >= 4 is 18.3 Å². The summed E-state index contributed by atoms with van der Waals surface area (Å²) in [4.78, 5) is 11.5. The molecule has 0 aliphatic carbocycles. The van der Waals surface area contributed by atoms with Crippen LogP contribution in [0, 0.1) is 5.82 Å². The number of hydrogen-bond acceptors (Lipinski definition) is 3. The molecule has 0 fully saturated rings. The molecule has 0 aliphatic heterocycles. The first-order chi connectivity index (χ1) is 8.13. The molecule has 0 saturated carbocycles. The Morgan fingerprint density at radius 1 is 1.44 bits per heavy atom. The van der Waals surface area contributed by atoms with Crippen LogP contribution >= 0.6 is 12.4 Å². The van der Waals surface area contributed by atoms with E-state index in [0.717, 1.165) is 0 Å². The van der Waals surface area contributed by atoms with E-state index in [1.165, 1.54) is 18.2 Å². The van der Waals surface area contributed by atoms with Crippen LogP contribution in [0.4, 0.5) is 4.39 Å². The molecule has 1 unspecified atom stereocenters. The molecular formula is C12H18ClFN2O2. The number of likely N-dealkylation sites (N-methyl/N-ethyl adjacent to an activating group) is 1. The third-order valence-corrected chi connectivity index (χ3v) is 2.15. The minimum Gasteiger partial charge on any atom is -0.481 e. The first-order valence-corrected chi connectivity index (χ1v) is 5.48. The van der Waals surface area contributed by atoms with Crippen LogP contribution in [-0.2, 0) is 4.79 Å². The molecule has 1 atom stereocenters. The van der Waals surface area contributed by atoms with E-state index in [1.807, 2.05) is 0 Å². The lowest BCUT2D eigenvalue weighted by Gasteiger charge is -2.14. The number of ether oxygens (including phenoxy) is 1. The number of hydrogen-bond donors (Lipinski definition) is 2. The average molecular weight is 277 g/mol. The number of carbonyl (C=O) groups excluding carboxylic acids is 1. The molecule has 102 valence electrons. The lowest BCUT2D eigenvalue weighted by atomic mass is 10.3. The summed E-state index contributed by atoms with van der Waals surface area (Å²) in [6.07, 6.45) is -0.645. The van der Waals surface area contributed by atoms with Gasteiger partial charge in [-0.05, 0) is 26.1 Å². The summed E-state index contributed by atoms with van der Waals surface area (Å²) in [5.41, 5.74) is 0. The van der Waals surface area contributed by atoms with Crippen molar-refractivity contribution in [2.75, 3.05) is 20.1 Å². The maximum atomic E-state index is 12.9. The zero-order chi connectivity index (χ0) is 12.7. The van der Waals surface area contributed by atoms with Crippen molar-refractivity contribution < 1.29 is 13.9 Å². The van der Waals surface area contributed by atoms with Gasteiger partial charge in [0.1, 0.15) is 11.6 Å². The van der Waals surface area contributed by atoms with Gasteiger partial charge in [0.25, 0.3) is 5.91 Å². The second-order valence-corrected chi connectivity index (χ2v) is 3.61. The van der Waals surface area contributed by atoms with E-state index in [-0.39, 0.29) is 24.1 Å². The van der Waals surface area contributed by atoms with Crippen molar-refractivity contribution in [3.63, 3.8) is 0 Å². The molecule has 1 amide bonds. The Kier molecular flexibility index (Phi) is 8.07. The Hall–Kier alpha value is -1.33. The summed E-state index contributed by atoms with van der Waals surface area (Å²) >= 11 is 0. The Morgan fingerprint density at radius 3 is 2.78 bits per heavy atom. The van der Waals surface area contributed by atoms with Gasteiger partial charge < -0.3 is 15.4 Å². The van der Waals surface area contributed by atoms with Crippen LogP contribution in [0.3, 0.4) is 0 Å². The van der Waals surface area contributed by atoms with Gasteiger partial charge in [-0.15, -0.1) is 12.4 Å². The van der Waals surface area contributed by atoms with Gasteiger partial charge in [0.15, 0.2) is 6.10 Å². The summed E-state index contributed by atoms with van der Waals surface area (Å²) in [6.45, 7) is 2.85. The van der Waals surface area contributed by atoms with Crippen LogP contribution in [-0.4, -0.2) is 32.1 Å². The summed E-state index contributed by atoms with van der Waals surface area (Å²) in [5, 5.41) is 5.61. The van der Waals surface area contributed by atoms with E-state index in [1.54, 1.807) is 20.0 Å². The Labute approximate surface area is 112 Å². The lowest BCUT2D eigenvalue weighted by molar-refractivity contribution is -0.127. The third-order valence-electron chi connectivity index (χ3n) is 2.15. The Bertz CT molecular complexity index is 377. The standard InChI is InChI=1S/C12H17FN2O2.ClH/c1-9(12(16)15-7-6-14-2)17-11-5-3-4-10(13)8-11;/h3-5,8-9,14H,6-7H2,1-2H3,(H,15,16);1H. The lowest BCUT2D eigenvalue weighted by Crippen LogP contribution is -2.39.